The molecule has 0 bridgehead atoms. The van der Waals surface area contributed by atoms with Crippen LogP contribution in [0.5, 0.6) is 0 Å². The second-order valence-electron chi connectivity index (χ2n) is 25.5. The van der Waals surface area contributed by atoms with Gasteiger partial charge in [0.05, 0.1) is 93.4 Å². The Labute approximate surface area is 512 Å². The smallest absolute Gasteiger partial charge is 0.140 e. The fourth-order valence-corrected chi connectivity index (χ4v) is 14.4. The molecule has 0 aromatic carbocycles. The monoisotopic (exact) mass is 1190 g/mol. The first-order valence-electron chi connectivity index (χ1n) is 31.8. The number of nitrogens with zero attached hydrogens (tertiary/aromatic N) is 18. The Morgan fingerprint density at radius 2 is 0.910 bits per heavy atom. The van der Waals surface area contributed by atoms with Gasteiger partial charge in [-0.1, -0.05) is 6.08 Å². The SMILES string of the molecule is C1=C2C(=NC1)CN(C1CC1)c1nccc3[nH]nc2c13.CC(C)n1cc2c(n1)CN(C1CCOCC1)c1nccc3[nH]nc-2c13.CC(C)n1ccc2c1CN(C1CCOCC1)c1nccc3[nH]nc-2c13.Cn1cc2c(n1)CN(C1CC1)c1nccc3[nH]nc-2c13. The summed E-state index contributed by atoms with van der Waals surface area (Å²) >= 11 is 0. The molecular weight excluding hydrogens is 1120 g/mol. The standard InChI is InChI=1S/C19H23N5O.C18H22N6O.C14H14N6.C14H13N5/c1-12(2)23-8-4-14-16(23)11-24(13-5-9-25-10-6-13)19-17-15(3-7-20-19)21-22-18(14)17;1-11(2)24-9-13-15(22-24)10-23(12-4-7-25-8-5-12)18-16-14(3-6-19-18)20-21-17(13)16;1-19-6-9-11(18-19)7-20(8-2-3-8)14-12-10(4-5-15-14)16-17-13(9)12;1-2-8(1)19-7-11-9(3-5-15-11)13-12-10(17-18-13)4-6-16-14(12)19/h3-4,7-8,12-13H,5-6,9-11H2,1-2H3,(H,21,22);3,6,9,11-12H,4-5,7-8,10H2,1-2H3,(H,20,21);4-6,8H,2-3,7H2,1H3,(H,16,17);3-4,6,8H,1-2,5,7H2,(H,17,18). The summed E-state index contributed by atoms with van der Waals surface area (Å²) in [5, 5.41) is 44.9. The molecule has 454 valence electrons. The summed E-state index contributed by atoms with van der Waals surface area (Å²) in [4.78, 5) is 33.1. The summed E-state index contributed by atoms with van der Waals surface area (Å²) in [6, 6.07) is 13.1. The van der Waals surface area contributed by atoms with Crippen LogP contribution in [0.1, 0.15) is 114 Å². The summed E-state index contributed by atoms with van der Waals surface area (Å²) in [6.45, 7) is 16.2. The number of ether oxygens (including phenoxy) is 2. The van der Waals surface area contributed by atoms with E-state index >= 15 is 0 Å². The van der Waals surface area contributed by atoms with Crippen LogP contribution in [0, 0.1) is 0 Å². The molecule has 11 aromatic heterocycles. The van der Waals surface area contributed by atoms with Crippen molar-refractivity contribution in [2.24, 2.45) is 12.0 Å². The lowest BCUT2D eigenvalue weighted by molar-refractivity contribution is 0.0838. The van der Waals surface area contributed by atoms with Crippen LogP contribution < -0.4 is 19.6 Å². The lowest BCUT2D eigenvalue weighted by Gasteiger charge is -2.35. The Hall–Kier alpha value is -9.29. The Morgan fingerprint density at radius 3 is 1.40 bits per heavy atom. The summed E-state index contributed by atoms with van der Waals surface area (Å²) in [7, 11) is 1.96. The van der Waals surface area contributed by atoms with Crippen LogP contribution in [0.25, 0.3) is 83.0 Å². The summed E-state index contributed by atoms with van der Waals surface area (Å²) < 4.78 is 17.4. The first kappa shape index (κ1) is 53.9. The quantitative estimate of drug-likeness (QED) is 0.121. The van der Waals surface area contributed by atoms with Gasteiger partial charge in [0.15, 0.2) is 0 Å². The second kappa shape index (κ2) is 21.5. The molecule has 0 unspecified atom stereocenters. The first-order chi connectivity index (χ1) is 43.7. The number of H-pyrrole nitrogens is 4. The summed E-state index contributed by atoms with van der Waals surface area (Å²) in [6.07, 6.45) is 25.2. The molecule has 0 radical (unpaired) electrons. The number of pyridine rings is 4. The van der Waals surface area contributed by atoms with E-state index in [1.165, 1.54) is 48.2 Å². The molecule has 2 saturated carbocycles. The van der Waals surface area contributed by atoms with Crippen LogP contribution in [0.3, 0.4) is 0 Å². The van der Waals surface area contributed by atoms with Gasteiger partial charge in [0, 0.05) is 141 Å². The number of hydrogen-bond acceptors (Lipinski definition) is 17. The molecule has 20 rings (SSSR count). The molecule has 11 aromatic rings. The number of aromatic nitrogens is 17. The van der Waals surface area contributed by atoms with Gasteiger partial charge in [-0.2, -0.15) is 30.6 Å². The van der Waals surface area contributed by atoms with Crippen molar-refractivity contribution in [2.75, 3.05) is 59.1 Å². The van der Waals surface area contributed by atoms with Crippen LogP contribution in [0.4, 0.5) is 23.3 Å². The van der Waals surface area contributed by atoms with Crippen molar-refractivity contribution in [3.8, 4) is 33.8 Å². The van der Waals surface area contributed by atoms with Gasteiger partial charge < -0.3 is 33.6 Å². The summed E-state index contributed by atoms with van der Waals surface area (Å²) in [5.41, 5.74) is 17.5. The number of rotatable bonds is 6. The van der Waals surface area contributed by atoms with Crippen molar-refractivity contribution in [1.29, 1.82) is 0 Å². The number of aliphatic imine (C=N–C) groups is 1. The van der Waals surface area contributed by atoms with Gasteiger partial charge >= 0.3 is 0 Å². The number of aryl methyl sites for hydroxylation is 1. The average molecular weight is 1190 g/mol. The third-order valence-electron chi connectivity index (χ3n) is 19.2. The van der Waals surface area contributed by atoms with Crippen LogP contribution >= 0.6 is 0 Å². The molecule has 4 fully saturated rings. The lowest BCUT2D eigenvalue weighted by Crippen LogP contribution is -2.40. The number of fused-ring (bicyclic) bond motifs is 8. The molecule has 0 atom stereocenters. The fraction of sp³-hybridized carbons (Fsp3) is 0.431. The molecule has 7 aliphatic heterocycles. The van der Waals surface area contributed by atoms with Gasteiger partial charge in [-0.05, 0) is 109 Å². The molecule has 18 heterocycles. The van der Waals surface area contributed by atoms with Crippen molar-refractivity contribution in [3.05, 3.63) is 103 Å². The van der Waals surface area contributed by atoms with E-state index in [1.807, 2.05) is 65.5 Å². The average Bonchev–Trinajstić information content (AvgIpc) is 1.81. The van der Waals surface area contributed by atoms with Gasteiger partial charge in [-0.3, -0.25) is 34.8 Å². The molecule has 2 aliphatic carbocycles. The van der Waals surface area contributed by atoms with Gasteiger partial charge in [-0.25, -0.2) is 19.9 Å². The predicted molar refractivity (Wildman–Crippen MR) is 343 cm³/mol. The highest BCUT2D eigenvalue weighted by Crippen LogP contribution is 2.46. The minimum Gasteiger partial charge on any atom is -0.381 e. The first-order valence-corrected chi connectivity index (χ1v) is 31.8. The van der Waals surface area contributed by atoms with E-state index < -0.39 is 0 Å². The van der Waals surface area contributed by atoms with Gasteiger partial charge in [-0.15, -0.1) is 0 Å². The van der Waals surface area contributed by atoms with Crippen molar-refractivity contribution >= 4 is 78.2 Å². The Balaban J connectivity index is 0.0000000923. The van der Waals surface area contributed by atoms with Gasteiger partial charge in [0.25, 0.3) is 0 Å². The Kier molecular flexibility index (Phi) is 13.0. The molecule has 2 saturated heterocycles. The van der Waals surface area contributed by atoms with E-state index in [2.05, 4.69) is 143 Å². The van der Waals surface area contributed by atoms with E-state index in [0.717, 1.165) is 197 Å². The molecule has 4 N–H and O–H groups in total. The van der Waals surface area contributed by atoms with Crippen molar-refractivity contribution in [1.82, 2.24) is 84.9 Å². The maximum absolute atomic E-state index is 5.60. The zero-order valence-corrected chi connectivity index (χ0v) is 50.9. The molecule has 0 spiro atoms. The van der Waals surface area contributed by atoms with E-state index in [4.69, 9.17) is 24.5 Å². The van der Waals surface area contributed by atoms with E-state index in [9.17, 15) is 0 Å². The zero-order valence-electron chi connectivity index (χ0n) is 50.9. The number of nitrogens with one attached hydrogen (secondary N) is 4. The maximum Gasteiger partial charge on any atom is 0.140 e. The molecule has 89 heavy (non-hydrogen) atoms. The normalized spacial score (nSPS) is 18.5. The number of aromatic amines is 4. The van der Waals surface area contributed by atoms with E-state index in [0.29, 0.717) is 36.3 Å². The topological polar surface area (TPSA) is 251 Å². The third kappa shape index (κ3) is 9.25. The van der Waals surface area contributed by atoms with Crippen molar-refractivity contribution < 1.29 is 9.47 Å². The largest absolute Gasteiger partial charge is 0.381 e. The Morgan fingerprint density at radius 1 is 0.472 bits per heavy atom. The van der Waals surface area contributed by atoms with Gasteiger partial charge in [0.2, 0.25) is 0 Å². The lowest BCUT2D eigenvalue weighted by atomic mass is 10.1. The minimum absolute atomic E-state index is 0.325. The second-order valence-corrected chi connectivity index (χ2v) is 25.5. The van der Waals surface area contributed by atoms with Crippen LogP contribution in [-0.4, -0.2) is 154 Å². The molecule has 24 nitrogen and oxygen atoms in total. The molecular formula is C65H72N22O2. The van der Waals surface area contributed by atoms with Gasteiger partial charge in [0.1, 0.15) is 46.0 Å². The molecule has 9 aliphatic rings. The fourth-order valence-electron chi connectivity index (χ4n) is 14.4. The highest BCUT2D eigenvalue weighted by atomic mass is 16.5. The van der Waals surface area contributed by atoms with Crippen molar-refractivity contribution in [2.45, 2.75) is 135 Å². The van der Waals surface area contributed by atoms with Crippen LogP contribution in [-0.2, 0) is 36.2 Å². The predicted octanol–water partition coefficient (Wildman–Crippen LogP) is 10.0. The van der Waals surface area contributed by atoms with Crippen molar-refractivity contribution in [3.63, 3.8) is 0 Å². The molecule has 0 amide bonds. The highest BCUT2D eigenvalue weighted by Gasteiger charge is 2.39. The van der Waals surface area contributed by atoms with E-state index in [1.54, 1.807) is 0 Å². The maximum atomic E-state index is 5.60. The van der Waals surface area contributed by atoms with E-state index in [-0.39, 0.29) is 0 Å². The zero-order chi connectivity index (χ0) is 59.6. The van der Waals surface area contributed by atoms with Crippen LogP contribution in [0.15, 0.2) is 84.8 Å². The number of hydrogen-bond donors (Lipinski definition) is 4. The van der Waals surface area contributed by atoms with Crippen LogP contribution in [0.2, 0.25) is 0 Å². The summed E-state index contributed by atoms with van der Waals surface area (Å²) in [5.74, 6) is 4.19. The Bertz CT molecular complexity index is 4490. The third-order valence-corrected chi connectivity index (χ3v) is 19.2. The number of anilines is 4. The molecule has 24 heteroatoms. The minimum atomic E-state index is 0.325. The highest BCUT2D eigenvalue weighted by molar-refractivity contribution is 6.30.